The molecule has 0 spiro atoms. The molecule has 0 saturated carbocycles. The van der Waals surface area contributed by atoms with Crippen LogP contribution in [0.4, 0.5) is 0 Å². The molecular formula is C18H16N4O2S. The largest absolute Gasteiger partial charge is 0.316 e. The van der Waals surface area contributed by atoms with Crippen molar-refractivity contribution in [3.05, 3.63) is 72.6 Å². The lowest BCUT2D eigenvalue weighted by Gasteiger charge is -2.33. The highest BCUT2D eigenvalue weighted by Crippen LogP contribution is 2.32. The molecule has 6 nitrogen and oxygen atoms in total. The lowest BCUT2D eigenvalue weighted by Crippen LogP contribution is -2.52. The van der Waals surface area contributed by atoms with Crippen LogP contribution < -0.4 is 10.9 Å². The molecule has 25 heavy (non-hydrogen) atoms. The molecule has 0 radical (unpaired) electrons. The Morgan fingerprint density at radius 1 is 1.08 bits per heavy atom. The average Bonchev–Trinajstić information content (AvgIpc) is 2.60. The van der Waals surface area contributed by atoms with Gasteiger partial charge in [0.05, 0.1) is 22.3 Å². The van der Waals surface area contributed by atoms with Crippen molar-refractivity contribution in [2.45, 2.75) is 10.8 Å². The zero-order chi connectivity index (χ0) is 17.7. The summed E-state index contributed by atoms with van der Waals surface area (Å²) in [4.78, 5) is 9.03. The van der Waals surface area contributed by atoms with E-state index in [1.807, 2.05) is 30.3 Å². The topological polar surface area (TPSA) is 112 Å². The van der Waals surface area contributed by atoms with E-state index in [1.54, 1.807) is 30.5 Å². The molecule has 1 aliphatic carbocycles. The number of pyridine rings is 2. The SMILES string of the molecule is NC1(c2ccc3ccc4ncccc4c3n2)C=CC=CC1S(N)(=O)=O. The number of benzene rings is 1. The molecule has 2 aromatic heterocycles. The van der Waals surface area contributed by atoms with Crippen LogP contribution in [-0.4, -0.2) is 23.6 Å². The van der Waals surface area contributed by atoms with Crippen LogP contribution in [0.5, 0.6) is 0 Å². The van der Waals surface area contributed by atoms with E-state index in [-0.39, 0.29) is 0 Å². The summed E-state index contributed by atoms with van der Waals surface area (Å²) in [5, 5.41) is 6.12. The second-order valence-corrected chi connectivity index (χ2v) is 7.78. The Morgan fingerprint density at radius 2 is 1.88 bits per heavy atom. The first-order chi connectivity index (χ1) is 11.9. The summed E-state index contributed by atoms with van der Waals surface area (Å²) in [6.45, 7) is 0. The van der Waals surface area contributed by atoms with Gasteiger partial charge in [-0.2, -0.15) is 0 Å². The Hall–Kier alpha value is -2.61. The predicted octanol–water partition coefficient (Wildman–Crippen LogP) is 1.72. The molecular weight excluding hydrogens is 336 g/mol. The van der Waals surface area contributed by atoms with Crippen molar-refractivity contribution >= 4 is 31.8 Å². The maximum atomic E-state index is 12.0. The second kappa shape index (κ2) is 5.45. The van der Waals surface area contributed by atoms with Gasteiger partial charge in [0.2, 0.25) is 10.0 Å². The molecule has 2 heterocycles. The number of hydrogen-bond acceptors (Lipinski definition) is 5. The van der Waals surface area contributed by atoms with Crippen LogP contribution >= 0.6 is 0 Å². The number of primary sulfonamides is 1. The monoisotopic (exact) mass is 352 g/mol. The lowest BCUT2D eigenvalue weighted by molar-refractivity contribution is 0.516. The van der Waals surface area contributed by atoms with E-state index in [0.717, 1.165) is 21.8 Å². The number of rotatable bonds is 2. The summed E-state index contributed by atoms with van der Waals surface area (Å²) in [6, 6.07) is 11.2. The van der Waals surface area contributed by atoms with Gasteiger partial charge in [-0.15, -0.1) is 0 Å². The number of hydrogen-bond donors (Lipinski definition) is 2. The summed E-state index contributed by atoms with van der Waals surface area (Å²) in [6.07, 6.45) is 8.17. The molecule has 126 valence electrons. The Labute approximate surface area is 144 Å². The van der Waals surface area contributed by atoms with E-state index < -0.39 is 20.8 Å². The van der Waals surface area contributed by atoms with Gasteiger partial charge in [-0.3, -0.25) is 4.98 Å². The highest BCUT2D eigenvalue weighted by Gasteiger charge is 2.42. The van der Waals surface area contributed by atoms with E-state index in [4.69, 9.17) is 15.9 Å². The standard InChI is InChI=1S/C18H16N4O2S/c19-18(10-2-1-5-16(18)25(20,23)24)15-9-7-12-6-8-14-13(17(12)22-15)4-3-11-21-14/h1-11,16H,19H2,(H2,20,23,24). The van der Waals surface area contributed by atoms with Gasteiger partial charge in [-0.05, 0) is 24.3 Å². The van der Waals surface area contributed by atoms with Crippen LogP contribution in [0.15, 0.2) is 66.9 Å². The third kappa shape index (κ3) is 2.53. The van der Waals surface area contributed by atoms with Crippen LogP contribution in [0.25, 0.3) is 21.8 Å². The number of allylic oxidation sites excluding steroid dienone is 2. The fraction of sp³-hybridized carbons (Fsp3) is 0.111. The van der Waals surface area contributed by atoms with Crippen molar-refractivity contribution in [3.8, 4) is 0 Å². The van der Waals surface area contributed by atoms with Crippen LogP contribution in [0.2, 0.25) is 0 Å². The van der Waals surface area contributed by atoms with E-state index in [9.17, 15) is 8.42 Å². The molecule has 0 fully saturated rings. The minimum absolute atomic E-state index is 0.441. The van der Waals surface area contributed by atoms with Gasteiger partial charge in [0, 0.05) is 17.0 Å². The number of fused-ring (bicyclic) bond motifs is 3. The van der Waals surface area contributed by atoms with Crippen molar-refractivity contribution in [1.82, 2.24) is 9.97 Å². The fourth-order valence-corrected chi connectivity index (χ4v) is 4.28. The highest BCUT2D eigenvalue weighted by atomic mass is 32.2. The summed E-state index contributed by atoms with van der Waals surface area (Å²) >= 11 is 0. The zero-order valence-electron chi connectivity index (χ0n) is 13.2. The van der Waals surface area contributed by atoms with Crippen molar-refractivity contribution < 1.29 is 8.42 Å². The Balaban J connectivity index is 1.99. The molecule has 4 N–H and O–H groups in total. The quantitative estimate of drug-likeness (QED) is 0.682. The molecule has 0 bridgehead atoms. The van der Waals surface area contributed by atoms with E-state index in [1.165, 1.54) is 6.08 Å². The molecule has 0 saturated heterocycles. The predicted molar refractivity (Wildman–Crippen MR) is 98.1 cm³/mol. The van der Waals surface area contributed by atoms with Crippen molar-refractivity contribution in [1.29, 1.82) is 0 Å². The van der Waals surface area contributed by atoms with E-state index in [2.05, 4.69) is 4.98 Å². The van der Waals surface area contributed by atoms with Gasteiger partial charge in [0.1, 0.15) is 5.25 Å². The smallest absolute Gasteiger partial charge is 0.218 e. The molecule has 2 atom stereocenters. The molecule has 0 amide bonds. The summed E-state index contributed by atoms with van der Waals surface area (Å²) in [7, 11) is -3.89. The van der Waals surface area contributed by atoms with Crippen molar-refractivity contribution in [3.63, 3.8) is 0 Å². The molecule has 4 rings (SSSR count). The van der Waals surface area contributed by atoms with Gasteiger partial charge >= 0.3 is 0 Å². The Morgan fingerprint density at radius 3 is 2.68 bits per heavy atom. The third-order valence-corrected chi connectivity index (χ3v) is 5.73. The molecule has 1 aromatic carbocycles. The van der Waals surface area contributed by atoms with Gasteiger partial charge < -0.3 is 5.73 Å². The van der Waals surface area contributed by atoms with Crippen LogP contribution in [-0.2, 0) is 15.6 Å². The summed E-state index contributed by atoms with van der Waals surface area (Å²) in [5.41, 5.74) is 7.12. The van der Waals surface area contributed by atoms with E-state index in [0.29, 0.717) is 5.69 Å². The maximum absolute atomic E-state index is 12.0. The number of nitrogens with zero attached hydrogens (tertiary/aromatic N) is 2. The van der Waals surface area contributed by atoms with Gasteiger partial charge in [-0.1, -0.05) is 36.4 Å². The summed E-state index contributed by atoms with van der Waals surface area (Å²) in [5.74, 6) is 0. The van der Waals surface area contributed by atoms with Crippen molar-refractivity contribution in [2.24, 2.45) is 10.9 Å². The normalized spacial score (nSPS) is 23.4. The Kier molecular flexibility index (Phi) is 3.47. The molecule has 3 aromatic rings. The molecule has 7 heteroatoms. The second-order valence-electron chi connectivity index (χ2n) is 6.09. The summed E-state index contributed by atoms with van der Waals surface area (Å²) < 4.78 is 24.1. The van der Waals surface area contributed by atoms with E-state index >= 15 is 0 Å². The van der Waals surface area contributed by atoms with Gasteiger partial charge in [-0.25, -0.2) is 18.5 Å². The minimum Gasteiger partial charge on any atom is -0.316 e. The van der Waals surface area contributed by atoms with Crippen LogP contribution in [0, 0.1) is 0 Å². The van der Waals surface area contributed by atoms with Gasteiger partial charge in [0.25, 0.3) is 0 Å². The highest BCUT2D eigenvalue weighted by molar-refractivity contribution is 7.90. The van der Waals surface area contributed by atoms with Crippen molar-refractivity contribution in [2.75, 3.05) is 0 Å². The fourth-order valence-electron chi connectivity index (χ4n) is 3.23. The first-order valence-electron chi connectivity index (χ1n) is 7.71. The zero-order valence-corrected chi connectivity index (χ0v) is 14.0. The molecule has 0 aliphatic heterocycles. The maximum Gasteiger partial charge on any atom is 0.218 e. The first-order valence-corrected chi connectivity index (χ1v) is 9.32. The third-order valence-electron chi connectivity index (χ3n) is 4.48. The average molecular weight is 352 g/mol. The minimum atomic E-state index is -3.89. The first kappa shape index (κ1) is 15.9. The number of aromatic nitrogens is 2. The van der Waals surface area contributed by atoms with Gasteiger partial charge in [0.15, 0.2) is 0 Å². The lowest BCUT2D eigenvalue weighted by atomic mass is 9.87. The number of nitrogens with two attached hydrogens (primary N) is 2. The molecule has 1 aliphatic rings. The molecule has 2 unspecified atom stereocenters. The van der Waals surface area contributed by atoms with Crippen LogP contribution in [0.3, 0.4) is 0 Å². The number of sulfonamides is 1. The van der Waals surface area contributed by atoms with Crippen LogP contribution in [0.1, 0.15) is 5.69 Å². The Bertz CT molecular complexity index is 1150.